The fourth-order valence-electron chi connectivity index (χ4n) is 3.29. The number of furan rings is 1. The summed E-state index contributed by atoms with van der Waals surface area (Å²) in [5, 5.41) is 2.86. The summed E-state index contributed by atoms with van der Waals surface area (Å²) in [6, 6.07) is 11.5. The smallest absolute Gasteiger partial charge is 0.333 e. The largest absolute Gasteiger partial charge is 0.466 e. The highest BCUT2D eigenvalue weighted by Gasteiger charge is 2.38. The molecule has 1 heterocycles. The first kappa shape index (κ1) is 17.1. The van der Waals surface area contributed by atoms with Crippen LogP contribution >= 0.6 is 0 Å². The summed E-state index contributed by atoms with van der Waals surface area (Å²) >= 11 is 0. The molecule has 3 rings (SSSR count). The van der Waals surface area contributed by atoms with Crippen molar-refractivity contribution in [1.82, 2.24) is 16.2 Å². The highest BCUT2D eigenvalue weighted by molar-refractivity contribution is 5.96. The molecule has 0 saturated heterocycles. The molecular formula is C19H23N3O3. The number of carbonyl (C=O) groups is 2. The summed E-state index contributed by atoms with van der Waals surface area (Å²) in [6.45, 7) is 4.02. The number of aryl methyl sites for hydroxylation is 2. The number of hydrogen-bond acceptors (Lipinski definition) is 3. The van der Waals surface area contributed by atoms with Crippen LogP contribution in [0.25, 0.3) is 0 Å². The van der Waals surface area contributed by atoms with Crippen LogP contribution in [0.3, 0.4) is 0 Å². The van der Waals surface area contributed by atoms with Gasteiger partial charge in [-0.25, -0.2) is 10.2 Å². The number of hydrazine groups is 1. The Bertz CT molecular complexity index is 763. The lowest BCUT2D eigenvalue weighted by atomic mass is 9.64. The number of urea groups is 1. The maximum Gasteiger partial charge on any atom is 0.333 e. The summed E-state index contributed by atoms with van der Waals surface area (Å²) in [4.78, 5) is 24.1. The maximum atomic E-state index is 12.1. The van der Waals surface area contributed by atoms with Crippen LogP contribution in [0.5, 0.6) is 0 Å². The number of nitrogens with one attached hydrogen (secondary N) is 3. The van der Waals surface area contributed by atoms with E-state index in [9.17, 15) is 9.59 Å². The fourth-order valence-corrected chi connectivity index (χ4v) is 3.29. The molecule has 1 aromatic heterocycles. The fraction of sp³-hybridized carbons (Fsp3) is 0.368. The zero-order valence-corrected chi connectivity index (χ0v) is 14.5. The van der Waals surface area contributed by atoms with Crippen molar-refractivity contribution in [2.24, 2.45) is 0 Å². The zero-order chi connectivity index (χ0) is 17.9. The highest BCUT2D eigenvalue weighted by atomic mass is 16.3. The molecule has 2 aromatic rings. The van der Waals surface area contributed by atoms with Crippen molar-refractivity contribution in [3.8, 4) is 0 Å². The summed E-state index contributed by atoms with van der Waals surface area (Å²) in [6.07, 6.45) is 3.27. The van der Waals surface area contributed by atoms with Crippen LogP contribution in [-0.2, 0) is 5.41 Å². The number of hydrogen-bond donors (Lipinski definition) is 3. The molecule has 1 aromatic carbocycles. The Morgan fingerprint density at radius 1 is 1.12 bits per heavy atom. The monoisotopic (exact) mass is 341 g/mol. The summed E-state index contributed by atoms with van der Waals surface area (Å²) in [5.41, 5.74) is 6.46. The minimum atomic E-state index is -0.423. The molecule has 1 fully saturated rings. The third kappa shape index (κ3) is 3.68. The van der Waals surface area contributed by atoms with Crippen LogP contribution in [-0.4, -0.2) is 18.5 Å². The van der Waals surface area contributed by atoms with Crippen molar-refractivity contribution >= 4 is 11.9 Å². The summed E-state index contributed by atoms with van der Waals surface area (Å²) < 4.78 is 5.32. The average Bonchev–Trinajstić information content (AvgIpc) is 2.91. The summed E-state index contributed by atoms with van der Waals surface area (Å²) in [7, 11) is 0. The third-order valence-corrected chi connectivity index (χ3v) is 4.86. The van der Waals surface area contributed by atoms with Gasteiger partial charge < -0.3 is 9.73 Å². The predicted molar refractivity (Wildman–Crippen MR) is 94.2 cm³/mol. The average molecular weight is 341 g/mol. The van der Waals surface area contributed by atoms with Gasteiger partial charge in [0, 0.05) is 12.0 Å². The highest BCUT2D eigenvalue weighted by Crippen LogP contribution is 2.43. The van der Waals surface area contributed by atoms with E-state index in [-0.39, 0.29) is 5.41 Å². The van der Waals surface area contributed by atoms with Gasteiger partial charge in [-0.2, -0.15) is 0 Å². The van der Waals surface area contributed by atoms with Gasteiger partial charge in [-0.05, 0) is 38.3 Å². The molecule has 0 bridgehead atoms. The van der Waals surface area contributed by atoms with Gasteiger partial charge in [0.1, 0.15) is 11.5 Å². The number of benzene rings is 1. The molecule has 0 atom stereocenters. The van der Waals surface area contributed by atoms with Crippen LogP contribution in [0.4, 0.5) is 4.79 Å². The topological polar surface area (TPSA) is 83.4 Å². The van der Waals surface area contributed by atoms with Gasteiger partial charge in [0.15, 0.2) is 0 Å². The van der Waals surface area contributed by atoms with E-state index in [4.69, 9.17) is 4.42 Å². The lowest BCUT2D eigenvalue weighted by Crippen LogP contribution is -2.52. The van der Waals surface area contributed by atoms with Gasteiger partial charge in [-0.15, -0.1) is 0 Å². The van der Waals surface area contributed by atoms with E-state index in [1.165, 1.54) is 5.56 Å². The van der Waals surface area contributed by atoms with E-state index in [1.54, 1.807) is 19.9 Å². The lowest BCUT2D eigenvalue weighted by Gasteiger charge is -2.42. The van der Waals surface area contributed by atoms with E-state index in [1.807, 2.05) is 18.2 Å². The lowest BCUT2D eigenvalue weighted by molar-refractivity contribution is 0.0934. The molecule has 6 heteroatoms. The molecular weight excluding hydrogens is 318 g/mol. The molecule has 3 amide bonds. The molecule has 0 radical (unpaired) electrons. The molecule has 132 valence electrons. The number of amides is 3. The Morgan fingerprint density at radius 3 is 2.40 bits per heavy atom. The molecule has 1 saturated carbocycles. The second-order valence-corrected chi connectivity index (χ2v) is 6.59. The second kappa shape index (κ2) is 7.01. The van der Waals surface area contributed by atoms with E-state index in [0.717, 1.165) is 19.3 Å². The Morgan fingerprint density at radius 2 is 1.84 bits per heavy atom. The van der Waals surface area contributed by atoms with Crippen molar-refractivity contribution in [3.05, 3.63) is 59.0 Å². The van der Waals surface area contributed by atoms with Crippen LogP contribution in [0.15, 0.2) is 40.8 Å². The Balaban J connectivity index is 1.51. The molecule has 0 spiro atoms. The molecule has 0 unspecified atom stereocenters. The van der Waals surface area contributed by atoms with Gasteiger partial charge >= 0.3 is 6.03 Å². The van der Waals surface area contributed by atoms with Crippen molar-refractivity contribution in [1.29, 1.82) is 0 Å². The second-order valence-electron chi connectivity index (χ2n) is 6.59. The molecule has 1 aliphatic carbocycles. The zero-order valence-electron chi connectivity index (χ0n) is 14.5. The van der Waals surface area contributed by atoms with Gasteiger partial charge in [0.2, 0.25) is 0 Å². The molecule has 1 aliphatic rings. The van der Waals surface area contributed by atoms with Crippen molar-refractivity contribution in [2.75, 3.05) is 6.54 Å². The standard InChI is InChI=1S/C19H23N3O3/c1-13-11-16(14(2)25-13)17(23)21-22-18(24)20-12-19(9-6-10-19)15-7-4-3-5-8-15/h3-5,7-8,11H,6,9-10,12H2,1-2H3,(H,21,23)(H2,20,22,24). The Hall–Kier alpha value is -2.76. The Labute approximate surface area is 147 Å². The van der Waals surface area contributed by atoms with E-state index < -0.39 is 11.9 Å². The molecule has 0 aliphatic heterocycles. The van der Waals surface area contributed by atoms with Gasteiger partial charge in [0.05, 0.1) is 5.56 Å². The molecule has 3 N–H and O–H groups in total. The van der Waals surface area contributed by atoms with Crippen LogP contribution in [0.2, 0.25) is 0 Å². The van der Waals surface area contributed by atoms with Gasteiger partial charge in [-0.1, -0.05) is 36.8 Å². The Kier molecular flexibility index (Phi) is 4.79. The minimum absolute atomic E-state index is 0.000860. The van der Waals surface area contributed by atoms with Crippen molar-refractivity contribution in [2.45, 2.75) is 38.5 Å². The van der Waals surface area contributed by atoms with Crippen molar-refractivity contribution in [3.63, 3.8) is 0 Å². The quantitative estimate of drug-likeness (QED) is 0.748. The first-order valence-corrected chi connectivity index (χ1v) is 8.47. The number of rotatable bonds is 4. The third-order valence-electron chi connectivity index (χ3n) is 4.86. The molecule has 6 nitrogen and oxygen atoms in total. The van der Waals surface area contributed by atoms with E-state index in [0.29, 0.717) is 23.6 Å². The van der Waals surface area contributed by atoms with E-state index in [2.05, 4.69) is 28.3 Å². The minimum Gasteiger partial charge on any atom is -0.466 e. The van der Waals surface area contributed by atoms with Crippen LogP contribution in [0.1, 0.15) is 46.7 Å². The number of carbonyl (C=O) groups excluding carboxylic acids is 2. The normalized spacial score (nSPS) is 15.1. The molecule has 25 heavy (non-hydrogen) atoms. The SMILES string of the molecule is Cc1cc(C(=O)NNC(=O)NCC2(c3ccccc3)CCC2)c(C)o1. The summed E-state index contributed by atoms with van der Waals surface area (Å²) in [5.74, 6) is 0.780. The maximum absolute atomic E-state index is 12.1. The first-order chi connectivity index (χ1) is 12.0. The van der Waals surface area contributed by atoms with Crippen LogP contribution in [0, 0.1) is 13.8 Å². The predicted octanol–water partition coefficient (Wildman–Crippen LogP) is 2.96. The first-order valence-electron chi connectivity index (χ1n) is 8.47. The van der Waals surface area contributed by atoms with Gasteiger partial charge in [-0.3, -0.25) is 10.2 Å². The van der Waals surface area contributed by atoms with E-state index >= 15 is 0 Å². The van der Waals surface area contributed by atoms with Crippen molar-refractivity contribution < 1.29 is 14.0 Å². The van der Waals surface area contributed by atoms with Gasteiger partial charge in [0.25, 0.3) is 5.91 Å². The van der Waals surface area contributed by atoms with Crippen LogP contribution < -0.4 is 16.2 Å².